The minimum Gasteiger partial charge on any atom is -0.369 e. The van der Waals surface area contributed by atoms with Gasteiger partial charge < -0.3 is 10.6 Å². The quantitative estimate of drug-likeness (QED) is 0.840. The van der Waals surface area contributed by atoms with Gasteiger partial charge in [-0.3, -0.25) is 9.59 Å². The summed E-state index contributed by atoms with van der Waals surface area (Å²) in [5.74, 6) is -0.566. The molecule has 0 unspecified atom stereocenters. The summed E-state index contributed by atoms with van der Waals surface area (Å²) in [6.07, 6.45) is 2.83. The van der Waals surface area contributed by atoms with Gasteiger partial charge in [-0.1, -0.05) is 0 Å². The zero-order valence-corrected chi connectivity index (χ0v) is 14.7. The molecule has 3 aliphatic heterocycles. The lowest BCUT2D eigenvalue weighted by Gasteiger charge is -2.30. The van der Waals surface area contributed by atoms with E-state index in [1.807, 2.05) is 0 Å². The van der Waals surface area contributed by atoms with E-state index in [1.54, 1.807) is 17.0 Å². The Morgan fingerprint density at radius 3 is 2.48 bits per heavy atom. The molecule has 3 aliphatic rings. The molecule has 1 aromatic rings. The summed E-state index contributed by atoms with van der Waals surface area (Å²) < 4.78 is 27.5. The lowest BCUT2D eigenvalue weighted by atomic mass is 9.98. The molecule has 3 heterocycles. The van der Waals surface area contributed by atoms with Crippen molar-refractivity contribution < 1.29 is 18.0 Å². The molecule has 0 radical (unpaired) electrons. The van der Waals surface area contributed by atoms with Crippen LogP contribution in [-0.2, 0) is 32.5 Å². The van der Waals surface area contributed by atoms with Crippen molar-refractivity contribution in [3.63, 3.8) is 0 Å². The number of benzene rings is 1. The smallest absolute Gasteiger partial charge is 0.243 e. The minimum atomic E-state index is -3.62. The summed E-state index contributed by atoms with van der Waals surface area (Å²) >= 11 is 0. The molecule has 1 aromatic carbocycles. The van der Waals surface area contributed by atoms with E-state index in [-0.39, 0.29) is 29.0 Å². The van der Waals surface area contributed by atoms with Gasteiger partial charge in [0.15, 0.2) is 0 Å². The van der Waals surface area contributed by atoms with Gasteiger partial charge in [0.1, 0.15) is 0 Å². The number of hydrogen-bond acceptors (Lipinski definition) is 4. The highest BCUT2D eigenvalue weighted by Gasteiger charge is 2.36. The zero-order valence-electron chi connectivity index (χ0n) is 13.9. The Morgan fingerprint density at radius 2 is 1.80 bits per heavy atom. The zero-order chi connectivity index (χ0) is 17.8. The molecule has 4 rings (SSSR count). The number of sulfonamides is 1. The Labute approximate surface area is 146 Å². The van der Waals surface area contributed by atoms with Crippen LogP contribution in [0.25, 0.3) is 0 Å². The summed E-state index contributed by atoms with van der Waals surface area (Å²) in [4.78, 5) is 25.5. The van der Waals surface area contributed by atoms with E-state index in [0.29, 0.717) is 32.5 Å². The van der Waals surface area contributed by atoms with Crippen LogP contribution in [-0.4, -0.2) is 44.2 Å². The van der Waals surface area contributed by atoms with Gasteiger partial charge in [0.2, 0.25) is 21.8 Å². The fraction of sp³-hybridized carbons (Fsp3) is 0.529. The maximum absolute atomic E-state index is 13.0. The molecule has 7 nitrogen and oxygen atoms in total. The first-order valence-electron chi connectivity index (χ1n) is 8.63. The van der Waals surface area contributed by atoms with Gasteiger partial charge >= 0.3 is 0 Å². The van der Waals surface area contributed by atoms with Crippen LogP contribution in [0.15, 0.2) is 17.0 Å². The van der Waals surface area contributed by atoms with Crippen LogP contribution in [0.4, 0.5) is 5.69 Å². The molecule has 0 saturated carbocycles. The van der Waals surface area contributed by atoms with Gasteiger partial charge in [-0.15, -0.1) is 0 Å². The maximum atomic E-state index is 13.0. The lowest BCUT2D eigenvalue weighted by molar-refractivity contribution is -0.122. The average molecular weight is 363 g/mol. The molecular weight excluding hydrogens is 342 g/mol. The van der Waals surface area contributed by atoms with Crippen LogP contribution in [0.3, 0.4) is 0 Å². The first-order chi connectivity index (χ1) is 11.9. The SMILES string of the molecule is NC(=O)C1CCN(S(=O)(=O)c2cc3c4c(c2)CC(=O)N4CCC3)CC1. The van der Waals surface area contributed by atoms with Gasteiger partial charge in [-0.2, -0.15) is 4.31 Å². The van der Waals surface area contributed by atoms with Gasteiger partial charge in [0.25, 0.3) is 0 Å². The predicted octanol–water partition coefficient (Wildman–Crippen LogP) is 0.408. The molecule has 2 amide bonds. The topological polar surface area (TPSA) is 101 Å². The molecule has 0 spiro atoms. The Balaban J connectivity index is 1.65. The molecule has 2 N–H and O–H groups in total. The van der Waals surface area contributed by atoms with Crippen molar-refractivity contribution >= 4 is 27.5 Å². The first-order valence-corrected chi connectivity index (χ1v) is 10.1. The Hall–Kier alpha value is -1.93. The van der Waals surface area contributed by atoms with E-state index in [2.05, 4.69) is 0 Å². The van der Waals surface area contributed by atoms with Crippen LogP contribution in [0.1, 0.15) is 30.4 Å². The second kappa shape index (κ2) is 5.81. The number of primary amides is 1. The van der Waals surface area contributed by atoms with Crippen molar-refractivity contribution in [2.24, 2.45) is 11.7 Å². The van der Waals surface area contributed by atoms with Crippen molar-refractivity contribution in [3.8, 4) is 0 Å². The molecule has 0 aromatic heterocycles. The molecule has 8 heteroatoms. The largest absolute Gasteiger partial charge is 0.369 e. The standard InChI is InChI=1S/C17H21N3O4S/c18-17(22)11-3-6-19(7-4-11)25(23,24)14-8-12-2-1-5-20-15(21)10-13(9-14)16(12)20/h8-9,11H,1-7,10H2,(H2,18,22). The highest BCUT2D eigenvalue weighted by Crippen LogP contribution is 2.39. The van der Waals surface area contributed by atoms with E-state index in [4.69, 9.17) is 5.73 Å². The highest BCUT2D eigenvalue weighted by atomic mass is 32.2. The minimum absolute atomic E-state index is 0.0489. The number of piperidine rings is 1. The van der Waals surface area contributed by atoms with Crippen molar-refractivity contribution in [3.05, 3.63) is 23.3 Å². The maximum Gasteiger partial charge on any atom is 0.243 e. The summed E-state index contributed by atoms with van der Waals surface area (Å²) in [6.45, 7) is 1.31. The van der Waals surface area contributed by atoms with E-state index < -0.39 is 10.0 Å². The van der Waals surface area contributed by atoms with E-state index in [0.717, 1.165) is 29.7 Å². The van der Waals surface area contributed by atoms with Crippen LogP contribution < -0.4 is 10.6 Å². The van der Waals surface area contributed by atoms with Crippen molar-refractivity contribution in [1.29, 1.82) is 0 Å². The van der Waals surface area contributed by atoms with E-state index in [1.165, 1.54) is 4.31 Å². The monoisotopic (exact) mass is 363 g/mol. The predicted molar refractivity (Wildman–Crippen MR) is 91.5 cm³/mol. The normalized spacial score (nSPS) is 21.4. The van der Waals surface area contributed by atoms with E-state index in [9.17, 15) is 18.0 Å². The summed E-state index contributed by atoms with van der Waals surface area (Å²) in [6, 6.07) is 3.37. The van der Waals surface area contributed by atoms with Gasteiger partial charge in [-0.05, 0) is 48.9 Å². The number of nitrogens with two attached hydrogens (primary N) is 1. The van der Waals surface area contributed by atoms with Gasteiger partial charge in [0, 0.05) is 25.6 Å². The summed E-state index contributed by atoms with van der Waals surface area (Å²) in [5.41, 5.74) is 8.00. The molecule has 0 atom stereocenters. The number of amides is 2. The van der Waals surface area contributed by atoms with Crippen LogP contribution in [0, 0.1) is 5.92 Å². The third-order valence-corrected chi connectivity index (χ3v) is 7.35. The lowest BCUT2D eigenvalue weighted by Crippen LogP contribution is -2.41. The number of rotatable bonds is 3. The van der Waals surface area contributed by atoms with Crippen LogP contribution >= 0.6 is 0 Å². The number of nitrogens with zero attached hydrogens (tertiary/aromatic N) is 2. The Bertz CT molecular complexity index is 857. The second-order valence-corrected chi connectivity index (χ2v) is 8.93. The molecular formula is C17H21N3O4S. The van der Waals surface area contributed by atoms with Crippen molar-refractivity contribution in [2.45, 2.75) is 37.0 Å². The molecule has 25 heavy (non-hydrogen) atoms. The van der Waals surface area contributed by atoms with Crippen molar-refractivity contribution in [1.82, 2.24) is 4.31 Å². The number of carbonyl (C=O) groups excluding carboxylic acids is 2. The summed E-state index contributed by atoms with van der Waals surface area (Å²) in [7, 11) is -3.62. The van der Waals surface area contributed by atoms with Gasteiger partial charge in [-0.25, -0.2) is 8.42 Å². The molecule has 0 aliphatic carbocycles. The first kappa shape index (κ1) is 16.5. The second-order valence-electron chi connectivity index (χ2n) is 7.00. The Morgan fingerprint density at radius 1 is 1.12 bits per heavy atom. The molecule has 134 valence electrons. The third kappa shape index (κ3) is 2.64. The van der Waals surface area contributed by atoms with Crippen molar-refractivity contribution in [2.75, 3.05) is 24.5 Å². The number of aryl methyl sites for hydroxylation is 1. The molecule has 1 fully saturated rings. The fourth-order valence-electron chi connectivity index (χ4n) is 4.13. The number of anilines is 1. The number of carbonyl (C=O) groups is 2. The fourth-order valence-corrected chi connectivity index (χ4v) is 5.70. The van der Waals surface area contributed by atoms with Crippen LogP contribution in [0.2, 0.25) is 0 Å². The Kier molecular flexibility index (Phi) is 3.84. The molecule has 1 saturated heterocycles. The number of hydrogen-bond donors (Lipinski definition) is 1. The van der Waals surface area contributed by atoms with Crippen LogP contribution in [0.5, 0.6) is 0 Å². The van der Waals surface area contributed by atoms with Gasteiger partial charge in [0.05, 0.1) is 17.0 Å². The summed E-state index contributed by atoms with van der Waals surface area (Å²) in [5, 5.41) is 0. The third-order valence-electron chi connectivity index (χ3n) is 5.48. The molecule has 0 bridgehead atoms. The van der Waals surface area contributed by atoms with E-state index >= 15 is 0 Å². The highest BCUT2D eigenvalue weighted by molar-refractivity contribution is 7.89. The average Bonchev–Trinajstić information content (AvgIpc) is 2.92.